The summed E-state index contributed by atoms with van der Waals surface area (Å²) in [5.74, 6) is 0. The van der Waals surface area contributed by atoms with Gasteiger partial charge < -0.3 is 5.32 Å². The lowest BCUT2D eigenvalue weighted by atomic mass is 9.62. The van der Waals surface area contributed by atoms with Gasteiger partial charge in [-0.2, -0.15) is 0 Å². The van der Waals surface area contributed by atoms with Gasteiger partial charge in [0.15, 0.2) is 0 Å². The summed E-state index contributed by atoms with van der Waals surface area (Å²) in [6, 6.07) is 0.913. The van der Waals surface area contributed by atoms with Gasteiger partial charge in [-0.05, 0) is 50.5 Å². The molecule has 2 nitrogen and oxygen atoms in total. The van der Waals surface area contributed by atoms with Crippen molar-refractivity contribution in [1.82, 2.24) is 10.2 Å². The van der Waals surface area contributed by atoms with Crippen LogP contribution in [0, 0.1) is 5.41 Å². The van der Waals surface area contributed by atoms with Crippen LogP contribution in [0.2, 0.25) is 0 Å². The molecule has 1 atom stereocenters. The molecule has 0 radical (unpaired) electrons. The van der Waals surface area contributed by atoms with E-state index in [0.29, 0.717) is 5.54 Å². The van der Waals surface area contributed by atoms with Gasteiger partial charge in [-0.25, -0.2) is 0 Å². The minimum absolute atomic E-state index is 0.545. The molecule has 2 saturated carbocycles. The van der Waals surface area contributed by atoms with Gasteiger partial charge in [-0.3, -0.25) is 4.90 Å². The maximum atomic E-state index is 3.89. The molecule has 2 saturated heterocycles. The summed E-state index contributed by atoms with van der Waals surface area (Å²) in [4.78, 5) is 2.83. The van der Waals surface area contributed by atoms with Crippen LogP contribution in [-0.2, 0) is 0 Å². The van der Waals surface area contributed by atoms with Crippen LogP contribution in [0.15, 0.2) is 0 Å². The molecule has 4 rings (SSSR count). The molecular weight excluding hydrogens is 220 g/mol. The van der Waals surface area contributed by atoms with Gasteiger partial charge in [0, 0.05) is 24.7 Å². The average molecular weight is 248 g/mol. The Morgan fingerprint density at radius 1 is 0.889 bits per heavy atom. The van der Waals surface area contributed by atoms with Gasteiger partial charge in [0.1, 0.15) is 0 Å². The predicted octanol–water partition coefficient (Wildman–Crippen LogP) is 2.93. The summed E-state index contributed by atoms with van der Waals surface area (Å²) in [7, 11) is 0. The second-order valence-corrected chi connectivity index (χ2v) is 7.67. The fraction of sp³-hybridized carbons (Fsp3) is 1.00. The second-order valence-electron chi connectivity index (χ2n) is 7.67. The van der Waals surface area contributed by atoms with Crippen LogP contribution >= 0.6 is 0 Å². The lowest BCUT2D eigenvalue weighted by Crippen LogP contribution is -2.66. The second kappa shape index (κ2) is 4.21. The zero-order valence-corrected chi connectivity index (χ0v) is 11.7. The first-order chi connectivity index (χ1) is 8.79. The third kappa shape index (κ3) is 1.84. The number of hydrogen-bond donors (Lipinski definition) is 1. The maximum Gasteiger partial charge on any atom is 0.0196 e. The van der Waals surface area contributed by atoms with Crippen molar-refractivity contribution in [3.63, 3.8) is 0 Å². The molecule has 2 spiro atoms. The lowest BCUT2D eigenvalue weighted by molar-refractivity contribution is -0.0970. The van der Waals surface area contributed by atoms with E-state index in [1.807, 2.05) is 0 Å². The molecule has 1 N–H and O–H groups in total. The lowest BCUT2D eigenvalue weighted by Gasteiger charge is -2.60. The third-order valence-electron chi connectivity index (χ3n) is 6.42. The minimum Gasteiger partial charge on any atom is -0.311 e. The molecule has 1 unspecified atom stereocenters. The van der Waals surface area contributed by atoms with Gasteiger partial charge in [0.05, 0.1) is 0 Å². The van der Waals surface area contributed by atoms with Crippen molar-refractivity contribution in [2.75, 3.05) is 19.6 Å². The van der Waals surface area contributed by atoms with Crippen molar-refractivity contribution < 1.29 is 0 Å². The summed E-state index contributed by atoms with van der Waals surface area (Å²) in [5, 5.41) is 3.89. The van der Waals surface area contributed by atoms with E-state index in [4.69, 9.17) is 0 Å². The fourth-order valence-corrected chi connectivity index (χ4v) is 5.12. The third-order valence-corrected chi connectivity index (χ3v) is 6.42. The Labute approximate surface area is 111 Å². The van der Waals surface area contributed by atoms with E-state index < -0.39 is 0 Å². The monoisotopic (exact) mass is 248 g/mol. The van der Waals surface area contributed by atoms with E-state index in [2.05, 4.69) is 10.2 Å². The Balaban J connectivity index is 1.37. The van der Waals surface area contributed by atoms with Gasteiger partial charge >= 0.3 is 0 Å². The van der Waals surface area contributed by atoms with Gasteiger partial charge in [0.25, 0.3) is 0 Å². The summed E-state index contributed by atoms with van der Waals surface area (Å²) in [5.41, 5.74) is 1.36. The average Bonchev–Trinajstić information content (AvgIpc) is 2.26. The van der Waals surface area contributed by atoms with Crippen LogP contribution in [0.3, 0.4) is 0 Å². The van der Waals surface area contributed by atoms with Crippen molar-refractivity contribution in [3.8, 4) is 0 Å². The predicted molar refractivity (Wildman–Crippen MR) is 74.7 cm³/mol. The highest BCUT2D eigenvalue weighted by Crippen LogP contribution is 2.50. The van der Waals surface area contributed by atoms with Crippen molar-refractivity contribution in [1.29, 1.82) is 0 Å². The quantitative estimate of drug-likeness (QED) is 0.767. The van der Waals surface area contributed by atoms with E-state index in [-0.39, 0.29) is 0 Å². The summed E-state index contributed by atoms with van der Waals surface area (Å²) >= 11 is 0. The molecule has 4 fully saturated rings. The highest BCUT2D eigenvalue weighted by atomic mass is 15.3. The van der Waals surface area contributed by atoms with Crippen LogP contribution in [0.1, 0.15) is 64.2 Å². The molecule has 2 aliphatic heterocycles. The number of hydrogen-bond acceptors (Lipinski definition) is 2. The Hall–Kier alpha value is -0.0800. The SMILES string of the molecule is C1CCC2(CC1)CC(N1CC3(CCC3)C1)CCN2. The maximum absolute atomic E-state index is 3.89. The molecule has 0 aromatic rings. The highest BCUT2D eigenvalue weighted by molar-refractivity contribution is 5.06. The number of nitrogens with zero attached hydrogens (tertiary/aromatic N) is 1. The zero-order chi connectivity index (χ0) is 12.1. The molecule has 102 valence electrons. The Kier molecular flexibility index (Phi) is 2.74. The smallest absolute Gasteiger partial charge is 0.0196 e. The van der Waals surface area contributed by atoms with Crippen molar-refractivity contribution in [3.05, 3.63) is 0 Å². The number of likely N-dealkylation sites (tertiary alicyclic amines) is 1. The zero-order valence-electron chi connectivity index (χ0n) is 11.7. The number of piperidine rings is 1. The molecule has 0 bridgehead atoms. The first-order valence-corrected chi connectivity index (χ1v) is 8.29. The summed E-state index contributed by atoms with van der Waals surface area (Å²) in [6.07, 6.45) is 14.7. The Bertz CT molecular complexity index is 302. The van der Waals surface area contributed by atoms with Crippen LogP contribution in [0.5, 0.6) is 0 Å². The topological polar surface area (TPSA) is 15.3 Å². The van der Waals surface area contributed by atoms with E-state index in [9.17, 15) is 0 Å². The normalized spacial score (nSPS) is 38.3. The fourth-order valence-electron chi connectivity index (χ4n) is 5.12. The highest BCUT2D eigenvalue weighted by Gasteiger charge is 2.50. The van der Waals surface area contributed by atoms with E-state index >= 15 is 0 Å². The van der Waals surface area contributed by atoms with Gasteiger partial charge in [0.2, 0.25) is 0 Å². The minimum atomic E-state index is 0.545. The molecule has 18 heavy (non-hydrogen) atoms. The molecule has 2 aliphatic carbocycles. The van der Waals surface area contributed by atoms with Gasteiger partial charge in [-0.15, -0.1) is 0 Å². The van der Waals surface area contributed by atoms with Crippen LogP contribution in [0.25, 0.3) is 0 Å². The largest absolute Gasteiger partial charge is 0.311 e. The standard InChI is InChI=1S/C16H28N2/c1-2-8-16(9-3-1)11-14(5-10-17-16)18-12-15(13-18)6-4-7-15/h14,17H,1-13H2. The first kappa shape index (κ1) is 11.7. The van der Waals surface area contributed by atoms with E-state index in [1.54, 1.807) is 0 Å². The summed E-state index contributed by atoms with van der Waals surface area (Å²) < 4.78 is 0. The summed E-state index contributed by atoms with van der Waals surface area (Å²) in [6.45, 7) is 4.15. The van der Waals surface area contributed by atoms with E-state index in [1.165, 1.54) is 83.8 Å². The molecule has 0 amide bonds. The van der Waals surface area contributed by atoms with Crippen LogP contribution in [-0.4, -0.2) is 36.1 Å². The van der Waals surface area contributed by atoms with Crippen LogP contribution in [0.4, 0.5) is 0 Å². The molecule has 0 aromatic carbocycles. The number of nitrogens with one attached hydrogen (secondary N) is 1. The molecule has 2 heteroatoms. The Morgan fingerprint density at radius 2 is 1.67 bits per heavy atom. The molecule has 4 aliphatic rings. The molecular formula is C16H28N2. The van der Waals surface area contributed by atoms with Crippen LogP contribution < -0.4 is 5.32 Å². The number of rotatable bonds is 1. The van der Waals surface area contributed by atoms with Crippen molar-refractivity contribution >= 4 is 0 Å². The Morgan fingerprint density at radius 3 is 2.33 bits per heavy atom. The van der Waals surface area contributed by atoms with Crippen molar-refractivity contribution in [2.24, 2.45) is 5.41 Å². The van der Waals surface area contributed by atoms with Crippen molar-refractivity contribution in [2.45, 2.75) is 75.8 Å². The molecule has 0 aromatic heterocycles. The molecule has 2 heterocycles. The van der Waals surface area contributed by atoms with Gasteiger partial charge in [-0.1, -0.05) is 25.7 Å². The van der Waals surface area contributed by atoms with E-state index in [0.717, 1.165) is 11.5 Å². The first-order valence-electron chi connectivity index (χ1n) is 8.29.